The van der Waals surface area contributed by atoms with Crippen molar-refractivity contribution in [2.45, 2.75) is 13.0 Å². The van der Waals surface area contributed by atoms with Gasteiger partial charge in [-0.3, -0.25) is 0 Å². The maximum atomic E-state index is 10.3. The third kappa shape index (κ3) is 1.83. The first kappa shape index (κ1) is 8.74. The summed E-state index contributed by atoms with van der Waals surface area (Å²) < 4.78 is 0. The van der Waals surface area contributed by atoms with Crippen molar-refractivity contribution in [3.63, 3.8) is 0 Å². The summed E-state index contributed by atoms with van der Waals surface area (Å²) in [6.07, 6.45) is -1.41. The minimum Gasteiger partial charge on any atom is -0.479 e. The Kier molecular flexibility index (Phi) is 2.45. The molecule has 0 bridgehead atoms. The molecule has 0 aliphatic heterocycles. The van der Waals surface area contributed by atoms with E-state index in [9.17, 15) is 4.79 Å². The van der Waals surface area contributed by atoms with Crippen molar-refractivity contribution >= 4 is 5.97 Å². The highest BCUT2D eigenvalue weighted by Gasteiger charge is 2.14. The molecular weight excluding hydrogens is 156 g/mol. The van der Waals surface area contributed by atoms with E-state index in [2.05, 4.69) is 0 Å². The number of rotatable bonds is 2. The van der Waals surface area contributed by atoms with Crippen LogP contribution in [0.15, 0.2) is 24.3 Å². The molecule has 0 spiro atoms. The minimum absolute atomic E-state index is 0.410. The van der Waals surface area contributed by atoms with E-state index in [-0.39, 0.29) is 0 Å². The van der Waals surface area contributed by atoms with Gasteiger partial charge >= 0.3 is 5.97 Å². The molecule has 1 aromatic rings. The molecule has 0 radical (unpaired) electrons. The third-order valence-electron chi connectivity index (χ3n) is 1.63. The maximum absolute atomic E-state index is 10.3. The summed E-state index contributed by atoms with van der Waals surface area (Å²) in [4.78, 5) is 10.3. The molecule has 0 aliphatic rings. The molecule has 0 aromatic heterocycles. The number of hydrogen-bond donors (Lipinski definition) is 2. The molecule has 1 unspecified atom stereocenters. The van der Waals surface area contributed by atoms with E-state index in [1.54, 1.807) is 24.3 Å². The van der Waals surface area contributed by atoms with Gasteiger partial charge in [-0.05, 0) is 12.5 Å². The summed E-state index contributed by atoms with van der Waals surface area (Å²) >= 11 is 0. The molecule has 3 nitrogen and oxygen atoms in total. The fourth-order valence-corrected chi connectivity index (χ4v) is 0.891. The number of benzene rings is 1. The Hall–Kier alpha value is -1.35. The van der Waals surface area contributed by atoms with Crippen molar-refractivity contribution in [1.82, 2.24) is 0 Å². The van der Waals surface area contributed by atoms with Crippen LogP contribution >= 0.6 is 0 Å². The Balaban J connectivity index is 2.89. The van der Waals surface area contributed by atoms with E-state index in [1.807, 2.05) is 6.92 Å². The normalized spacial score (nSPS) is 12.5. The number of aliphatic carboxylic acids is 1. The van der Waals surface area contributed by atoms with Crippen LogP contribution in [0, 0.1) is 6.92 Å². The summed E-state index contributed by atoms with van der Waals surface area (Å²) in [6, 6.07) is 6.74. The van der Waals surface area contributed by atoms with Crippen molar-refractivity contribution in [3.05, 3.63) is 35.4 Å². The number of carboxylic acids is 1. The number of carbonyl (C=O) groups is 1. The van der Waals surface area contributed by atoms with Crippen LogP contribution in [-0.4, -0.2) is 16.2 Å². The van der Waals surface area contributed by atoms with Crippen molar-refractivity contribution in [2.75, 3.05) is 0 Å². The number of aliphatic hydroxyl groups excluding tert-OH is 1. The van der Waals surface area contributed by atoms with Gasteiger partial charge in [0.05, 0.1) is 0 Å². The summed E-state index contributed by atoms with van der Waals surface area (Å²) in [5.74, 6) is -1.22. The first-order chi connectivity index (χ1) is 5.61. The lowest BCUT2D eigenvalue weighted by atomic mass is 10.1. The van der Waals surface area contributed by atoms with E-state index in [0.29, 0.717) is 5.56 Å². The molecule has 0 aliphatic carbocycles. The van der Waals surface area contributed by atoms with Crippen molar-refractivity contribution < 1.29 is 15.0 Å². The smallest absolute Gasteiger partial charge is 0.337 e. The molecular formula is C9H10O3. The minimum atomic E-state index is -1.41. The molecule has 1 aromatic carbocycles. The maximum Gasteiger partial charge on any atom is 0.337 e. The van der Waals surface area contributed by atoms with Crippen LogP contribution in [0.1, 0.15) is 17.2 Å². The quantitative estimate of drug-likeness (QED) is 0.692. The zero-order valence-electron chi connectivity index (χ0n) is 6.69. The number of aryl methyl sites for hydroxylation is 1. The Morgan fingerprint density at radius 1 is 1.33 bits per heavy atom. The first-order valence-electron chi connectivity index (χ1n) is 3.58. The molecule has 12 heavy (non-hydrogen) atoms. The molecule has 0 amide bonds. The molecule has 64 valence electrons. The standard InChI is InChI=1S/C9H10O3/c1-6-2-4-7(5-3-6)8(10)9(11)12/h2-5,8,10H,1H3,(H,11,12). The highest BCUT2D eigenvalue weighted by Crippen LogP contribution is 2.13. The van der Waals surface area contributed by atoms with Crippen molar-refractivity contribution in [3.8, 4) is 0 Å². The van der Waals surface area contributed by atoms with Gasteiger partial charge in [-0.15, -0.1) is 0 Å². The zero-order valence-corrected chi connectivity index (χ0v) is 6.69. The Morgan fingerprint density at radius 3 is 2.25 bits per heavy atom. The fraction of sp³-hybridized carbons (Fsp3) is 0.222. The van der Waals surface area contributed by atoms with E-state index in [4.69, 9.17) is 10.2 Å². The lowest BCUT2D eigenvalue weighted by molar-refractivity contribution is -0.146. The van der Waals surface area contributed by atoms with E-state index in [1.165, 1.54) is 0 Å². The van der Waals surface area contributed by atoms with Crippen LogP contribution in [0.4, 0.5) is 0 Å². The van der Waals surface area contributed by atoms with Gasteiger partial charge in [0.1, 0.15) is 0 Å². The molecule has 3 heteroatoms. The van der Waals surface area contributed by atoms with Gasteiger partial charge in [0.25, 0.3) is 0 Å². The van der Waals surface area contributed by atoms with Crippen LogP contribution in [0.3, 0.4) is 0 Å². The summed E-state index contributed by atoms with van der Waals surface area (Å²) in [5, 5.41) is 17.5. The topological polar surface area (TPSA) is 57.5 Å². The zero-order chi connectivity index (χ0) is 9.14. The largest absolute Gasteiger partial charge is 0.479 e. The molecule has 0 saturated carbocycles. The van der Waals surface area contributed by atoms with Crippen LogP contribution in [0.25, 0.3) is 0 Å². The Bertz CT molecular complexity index is 276. The van der Waals surface area contributed by atoms with Gasteiger partial charge in [-0.1, -0.05) is 29.8 Å². The van der Waals surface area contributed by atoms with Crippen LogP contribution < -0.4 is 0 Å². The highest BCUT2D eigenvalue weighted by molar-refractivity contribution is 5.73. The van der Waals surface area contributed by atoms with Gasteiger partial charge in [0, 0.05) is 0 Å². The molecule has 0 fully saturated rings. The Labute approximate surface area is 70.3 Å². The average Bonchev–Trinajstić information content (AvgIpc) is 2.04. The van der Waals surface area contributed by atoms with Gasteiger partial charge in [-0.25, -0.2) is 4.79 Å². The third-order valence-corrected chi connectivity index (χ3v) is 1.63. The molecule has 1 rings (SSSR count). The summed E-state index contributed by atoms with van der Waals surface area (Å²) in [7, 11) is 0. The number of hydrogen-bond acceptors (Lipinski definition) is 2. The summed E-state index contributed by atoms with van der Waals surface area (Å²) in [6.45, 7) is 1.90. The van der Waals surface area contributed by atoms with Gasteiger partial charge in [0.2, 0.25) is 0 Å². The highest BCUT2D eigenvalue weighted by atomic mass is 16.4. The lowest BCUT2D eigenvalue weighted by Gasteiger charge is -2.04. The number of carboxylic acid groups (broad SMARTS) is 1. The summed E-state index contributed by atoms with van der Waals surface area (Å²) in [5.41, 5.74) is 1.45. The van der Waals surface area contributed by atoms with E-state index < -0.39 is 12.1 Å². The van der Waals surface area contributed by atoms with E-state index in [0.717, 1.165) is 5.56 Å². The second-order valence-corrected chi connectivity index (χ2v) is 2.65. The Morgan fingerprint density at radius 2 is 1.83 bits per heavy atom. The lowest BCUT2D eigenvalue weighted by Crippen LogP contribution is -2.09. The van der Waals surface area contributed by atoms with Gasteiger partial charge in [0.15, 0.2) is 6.10 Å². The van der Waals surface area contributed by atoms with Crippen molar-refractivity contribution in [2.24, 2.45) is 0 Å². The van der Waals surface area contributed by atoms with Crippen molar-refractivity contribution in [1.29, 1.82) is 0 Å². The van der Waals surface area contributed by atoms with Crippen LogP contribution in [0.5, 0.6) is 0 Å². The van der Waals surface area contributed by atoms with Gasteiger partial charge in [-0.2, -0.15) is 0 Å². The monoisotopic (exact) mass is 166 g/mol. The first-order valence-corrected chi connectivity index (χ1v) is 3.58. The van der Waals surface area contributed by atoms with Crippen LogP contribution in [-0.2, 0) is 4.79 Å². The molecule has 1 atom stereocenters. The second-order valence-electron chi connectivity index (χ2n) is 2.65. The predicted molar refractivity (Wildman–Crippen MR) is 43.8 cm³/mol. The molecule has 0 heterocycles. The SMILES string of the molecule is Cc1ccc(C(O)C(=O)O)cc1. The van der Waals surface area contributed by atoms with Crippen LogP contribution in [0.2, 0.25) is 0 Å². The average molecular weight is 166 g/mol. The molecule has 2 N–H and O–H groups in total. The predicted octanol–water partition coefficient (Wildman–Crippen LogP) is 1.11. The molecule has 0 saturated heterocycles. The fourth-order valence-electron chi connectivity index (χ4n) is 0.891. The second kappa shape index (κ2) is 3.36. The van der Waals surface area contributed by atoms with Gasteiger partial charge < -0.3 is 10.2 Å². The number of aliphatic hydroxyl groups is 1. The van der Waals surface area contributed by atoms with E-state index >= 15 is 0 Å².